The number of rotatable bonds is 5. The molecule has 0 radical (unpaired) electrons. The van der Waals surface area contributed by atoms with E-state index in [0.29, 0.717) is 22.1 Å². The molecule has 0 spiro atoms. The number of aryl methyl sites for hydroxylation is 4. The van der Waals surface area contributed by atoms with Gasteiger partial charge in [0, 0.05) is 5.39 Å². The van der Waals surface area contributed by atoms with E-state index in [4.69, 9.17) is 13.9 Å². The zero-order chi connectivity index (χ0) is 20.7. The number of aliphatic carboxylic acids is 1. The van der Waals surface area contributed by atoms with E-state index in [1.54, 1.807) is 19.9 Å². The van der Waals surface area contributed by atoms with Gasteiger partial charge in [0.15, 0.2) is 0 Å². The number of carbonyl (C=O) groups excluding carboxylic acids is 1. The molecule has 1 atom stereocenters. The van der Waals surface area contributed by atoms with E-state index in [0.717, 1.165) is 22.3 Å². The molecule has 0 fully saturated rings. The predicted octanol–water partition coefficient (Wildman–Crippen LogP) is 3.29. The Kier molecular flexibility index (Phi) is 5.02. The molecule has 2 N–H and O–H groups in total. The first-order valence-corrected chi connectivity index (χ1v) is 9.13. The molecule has 0 unspecified atom stereocenters. The lowest BCUT2D eigenvalue weighted by Gasteiger charge is -2.13. The zero-order valence-corrected chi connectivity index (χ0v) is 16.6. The Balaban J connectivity index is 2.14. The van der Waals surface area contributed by atoms with Gasteiger partial charge in [0.25, 0.3) is 0 Å². The maximum absolute atomic E-state index is 12.5. The fourth-order valence-electron chi connectivity index (χ4n) is 3.58. The van der Waals surface area contributed by atoms with Crippen molar-refractivity contribution >= 4 is 33.8 Å². The lowest BCUT2D eigenvalue weighted by Crippen LogP contribution is -2.41. The maximum Gasteiger partial charge on any atom is 0.340 e. The van der Waals surface area contributed by atoms with E-state index in [2.05, 4.69) is 5.32 Å². The quantitative estimate of drug-likeness (QED) is 0.652. The number of benzene rings is 1. The molecule has 2 aromatic heterocycles. The number of carboxylic acid groups (broad SMARTS) is 1. The molecule has 148 valence electrons. The summed E-state index contributed by atoms with van der Waals surface area (Å²) >= 11 is 0. The Morgan fingerprint density at radius 3 is 2.39 bits per heavy atom. The van der Waals surface area contributed by atoms with Crippen molar-refractivity contribution in [1.82, 2.24) is 5.32 Å². The first kappa shape index (κ1) is 19.7. The molecule has 0 aliphatic heterocycles. The van der Waals surface area contributed by atoms with Crippen molar-refractivity contribution in [2.45, 2.75) is 53.5 Å². The predicted molar refractivity (Wildman–Crippen MR) is 105 cm³/mol. The van der Waals surface area contributed by atoms with Crippen LogP contribution >= 0.6 is 0 Å². The molecular weight excluding hydrogens is 362 g/mol. The summed E-state index contributed by atoms with van der Waals surface area (Å²) in [6.45, 7) is 9.19. The highest BCUT2D eigenvalue weighted by Crippen LogP contribution is 2.36. The second kappa shape index (κ2) is 7.14. The van der Waals surface area contributed by atoms with Crippen molar-refractivity contribution in [3.63, 3.8) is 0 Å². The van der Waals surface area contributed by atoms with Crippen LogP contribution in [0.2, 0.25) is 0 Å². The van der Waals surface area contributed by atoms with Gasteiger partial charge in [-0.15, -0.1) is 0 Å². The van der Waals surface area contributed by atoms with Crippen LogP contribution in [0.1, 0.15) is 41.4 Å². The van der Waals surface area contributed by atoms with Crippen molar-refractivity contribution in [1.29, 1.82) is 0 Å². The van der Waals surface area contributed by atoms with Gasteiger partial charge in [-0.1, -0.05) is 6.92 Å². The number of hydrogen-bond donors (Lipinski definition) is 2. The molecule has 2 heterocycles. The Labute approximate surface area is 161 Å². The molecule has 0 saturated carbocycles. The number of carbonyl (C=O) groups is 2. The largest absolute Gasteiger partial charge is 0.480 e. The van der Waals surface area contributed by atoms with Crippen LogP contribution in [0, 0.1) is 27.7 Å². The van der Waals surface area contributed by atoms with Crippen LogP contribution in [0.5, 0.6) is 0 Å². The zero-order valence-electron chi connectivity index (χ0n) is 16.6. The summed E-state index contributed by atoms with van der Waals surface area (Å²) in [5, 5.41) is 13.2. The molecule has 0 saturated heterocycles. The summed E-state index contributed by atoms with van der Waals surface area (Å²) in [7, 11) is 0. The lowest BCUT2D eigenvalue weighted by atomic mass is 9.98. The molecule has 7 nitrogen and oxygen atoms in total. The number of furan rings is 1. The van der Waals surface area contributed by atoms with Gasteiger partial charge in [-0.25, -0.2) is 9.59 Å². The molecule has 28 heavy (non-hydrogen) atoms. The minimum Gasteiger partial charge on any atom is -0.480 e. The van der Waals surface area contributed by atoms with Gasteiger partial charge in [-0.05, 0) is 56.9 Å². The fraction of sp³-hybridized carbons (Fsp3) is 0.381. The van der Waals surface area contributed by atoms with Gasteiger partial charge in [0.05, 0.1) is 17.4 Å². The summed E-state index contributed by atoms with van der Waals surface area (Å²) in [5.74, 6) is -0.876. The lowest BCUT2D eigenvalue weighted by molar-refractivity contribution is -0.141. The Bertz CT molecular complexity index is 1170. The Hall–Kier alpha value is -3.09. The molecule has 1 aromatic carbocycles. The molecule has 3 rings (SSSR count). The van der Waals surface area contributed by atoms with Crippen LogP contribution in [0.4, 0.5) is 0 Å². The van der Waals surface area contributed by atoms with Crippen LogP contribution in [-0.4, -0.2) is 23.0 Å². The summed E-state index contributed by atoms with van der Waals surface area (Å²) in [4.78, 5) is 36.0. The van der Waals surface area contributed by atoms with Crippen molar-refractivity contribution < 1.29 is 23.5 Å². The SMILES string of the molecule is CC[C@H](NC(=O)Cc1c(C)c2c(cc(C)c3c(C)c(C)oc32)oc1=O)C(=O)O. The minimum atomic E-state index is -1.11. The van der Waals surface area contributed by atoms with Gasteiger partial charge in [-0.3, -0.25) is 4.79 Å². The van der Waals surface area contributed by atoms with Crippen LogP contribution in [0.25, 0.3) is 21.9 Å². The molecule has 1 amide bonds. The molecular formula is C21H23NO6. The molecule has 0 aliphatic rings. The molecule has 7 heteroatoms. The van der Waals surface area contributed by atoms with E-state index in [-0.39, 0.29) is 18.4 Å². The van der Waals surface area contributed by atoms with Crippen LogP contribution in [0.15, 0.2) is 19.7 Å². The van der Waals surface area contributed by atoms with Gasteiger partial charge in [0.1, 0.15) is 23.0 Å². The molecule has 0 aliphatic carbocycles. The maximum atomic E-state index is 12.5. The van der Waals surface area contributed by atoms with Crippen molar-refractivity contribution in [3.8, 4) is 0 Å². The van der Waals surface area contributed by atoms with E-state index in [1.165, 1.54) is 0 Å². The number of fused-ring (bicyclic) bond motifs is 3. The average molecular weight is 385 g/mol. The standard InChI is InChI=1S/C21H23NO6/c1-6-14(20(24)25)22-16(23)8-13-11(4)18-15(28-21(13)26)7-9(2)17-10(3)12(5)27-19(17)18/h7,14H,6,8H2,1-5H3,(H,22,23)(H,24,25)/t14-/m0/s1. The van der Waals surface area contributed by atoms with Crippen LogP contribution in [0.3, 0.4) is 0 Å². The second-order valence-corrected chi connectivity index (χ2v) is 7.09. The van der Waals surface area contributed by atoms with Gasteiger partial charge >= 0.3 is 11.6 Å². The highest BCUT2D eigenvalue weighted by atomic mass is 16.4. The van der Waals surface area contributed by atoms with Crippen LogP contribution in [-0.2, 0) is 16.0 Å². The Morgan fingerprint density at radius 1 is 1.11 bits per heavy atom. The van der Waals surface area contributed by atoms with E-state index < -0.39 is 23.5 Å². The van der Waals surface area contributed by atoms with Crippen molar-refractivity contribution in [3.05, 3.63) is 44.5 Å². The average Bonchev–Trinajstić information content (AvgIpc) is 2.91. The Morgan fingerprint density at radius 2 is 1.79 bits per heavy atom. The van der Waals surface area contributed by atoms with E-state index in [9.17, 15) is 14.4 Å². The first-order valence-electron chi connectivity index (χ1n) is 9.13. The number of carboxylic acids is 1. The topological polar surface area (TPSA) is 110 Å². The monoisotopic (exact) mass is 385 g/mol. The van der Waals surface area contributed by atoms with Crippen molar-refractivity contribution in [2.75, 3.05) is 0 Å². The highest BCUT2D eigenvalue weighted by molar-refractivity contribution is 6.07. The summed E-state index contributed by atoms with van der Waals surface area (Å²) in [5.41, 5.74) is 3.18. The van der Waals surface area contributed by atoms with E-state index >= 15 is 0 Å². The number of nitrogens with one attached hydrogen (secondary N) is 1. The van der Waals surface area contributed by atoms with Crippen LogP contribution < -0.4 is 10.9 Å². The molecule has 0 bridgehead atoms. The van der Waals surface area contributed by atoms with Gasteiger partial charge < -0.3 is 19.3 Å². The second-order valence-electron chi connectivity index (χ2n) is 7.09. The normalized spacial score (nSPS) is 12.5. The first-order chi connectivity index (χ1) is 13.1. The van der Waals surface area contributed by atoms with Gasteiger partial charge in [-0.2, -0.15) is 0 Å². The fourth-order valence-corrected chi connectivity index (χ4v) is 3.58. The highest BCUT2D eigenvalue weighted by Gasteiger charge is 2.23. The number of hydrogen-bond acceptors (Lipinski definition) is 5. The summed E-state index contributed by atoms with van der Waals surface area (Å²) in [6, 6.07) is 0.806. The number of amides is 1. The third-order valence-electron chi connectivity index (χ3n) is 5.26. The third-order valence-corrected chi connectivity index (χ3v) is 5.26. The smallest absolute Gasteiger partial charge is 0.340 e. The van der Waals surface area contributed by atoms with Gasteiger partial charge in [0.2, 0.25) is 5.91 Å². The summed E-state index contributed by atoms with van der Waals surface area (Å²) < 4.78 is 11.4. The summed E-state index contributed by atoms with van der Waals surface area (Å²) in [6.07, 6.45) is -0.0147. The molecule has 3 aromatic rings. The minimum absolute atomic E-state index is 0.196. The van der Waals surface area contributed by atoms with E-state index in [1.807, 2.05) is 20.8 Å². The van der Waals surface area contributed by atoms with Crippen molar-refractivity contribution in [2.24, 2.45) is 0 Å². The third kappa shape index (κ3) is 3.17.